The van der Waals surface area contributed by atoms with Gasteiger partial charge in [-0.2, -0.15) is 0 Å². The predicted molar refractivity (Wildman–Crippen MR) is 89.1 cm³/mol. The van der Waals surface area contributed by atoms with Gasteiger partial charge in [0.1, 0.15) is 0 Å². The van der Waals surface area contributed by atoms with Crippen LogP contribution >= 0.6 is 0 Å². The number of nitrogens with zero attached hydrogens (tertiary/aromatic N) is 3. The summed E-state index contributed by atoms with van der Waals surface area (Å²) in [5.74, 6) is -0.614. The van der Waals surface area contributed by atoms with Gasteiger partial charge in [0, 0.05) is 30.8 Å². The van der Waals surface area contributed by atoms with Crippen LogP contribution in [0.15, 0.2) is 18.2 Å². The smallest absolute Gasteiger partial charge is 0.310 e. The zero-order valence-corrected chi connectivity index (χ0v) is 13.7. The Bertz CT molecular complexity index is 628. The zero-order chi connectivity index (χ0) is 17.1. The quantitative estimate of drug-likeness (QED) is 0.675. The van der Waals surface area contributed by atoms with Crippen molar-refractivity contribution < 1.29 is 14.8 Å². The number of nitro groups is 1. The summed E-state index contributed by atoms with van der Waals surface area (Å²) in [5, 5.41) is 20.5. The van der Waals surface area contributed by atoms with Crippen LogP contribution in [0, 0.1) is 10.1 Å². The van der Waals surface area contributed by atoms with Crippen LogP contribution in [0.2, 0.25) is 0 Å². The molecule has 7 heteroatoms. The van der Waals surface area contributed by atoms with Gasteiger partial charge in [-0.25, -0.2) is 0 Å². The number of likely N-dealkylation sites (tertiary alicyclic amines) is 2. The van der Waals surface area contributed by atoms with Crippen LogP contribution in [0.4, 0.5) is 5.69 Å². The van der Waals surface area contributed by atoms with Gasteiger partial charge in [-0.3, -0.25) is 14.9 Å². The van der Waals surface area contributed by atoms with Gasteiger partial charge in [-0.1, -0.05) is 6.42 Å². The van der Waals surface area contributed by atoms with Crippen LogP contribution in [-0.4, -0.2) is 58.0 Å². The van der Waals surface area contributed by atoms with Crippen LogP contribution in [0.3, 0.4) is 0 Å². The van der Waals surface area contributed by atoms with E-state index in [2.05, 4.69) is 4.90 Å². The van der Waals surface area contributed by atoms with Crippen LogP contribution in [-0.2, 0) is 0 Å². The largest absolute Gasteiger partial charge is 0.502 e. The summed E-state index contributed by atoms with van der Waals surface area (Å²) in [4.78, 5) is 27.2. The average molecular weight is 333 g/mol. The number of phenolic OH excluding ortho intramolecular Hbond substituents is 1. The molecule has 1 aromatic rings. The summed E-state index contributed by atoms with van der Waals surface area (Å²) in [7, 11) is 0. The number of hydrogen-bond acceptors (Lipinski definition) is 5. The Morgan fingerprint density at radius 1 is 1.21 bits per heavy atom. The first-order valence-corrected chi connectivity index (χ1v) is 8.57. The van der Waals surface area contributed by atoms with Crippen molar-refractivity contribution in [2.24, 2.45) is 0 Å². The maximum Gasteiger partial charge on any atom is 0.310 e. The van der Waals surface area contributed by atoms with Crippen molar-refractivity contribution in [3.8, 4) is 5.75 Å². The molecule has 1 N–H and O–H groups in total. The molecule has 2 aliphatic rings. The van der Waals surface area contributed by atoms with Gasteiger partial charge in [-0.15, -0.1) is 0 Å². The van der Waals surface area contributed by atoms with Crippen LogP contribution < -0.4 is 0 Å². The number of hydrogen-bond donors (Lipinski definition) is 1. The topological polar surface area (TPSA) is 86.9 Å². The SMILES string of the molecule is O=C(c1ccc([N+](=O)[O-])c(O)c1)N1CCC[C@H]1CN1CCCCC1. The number of carbonyl (C=O) groups is 1. The molecule has 0 spiro atoms. The molecule has 2 aliphatic heterocycles. The fraction of sp³-hybridized carbons (Fsp3) is 0.588. The number of carbonyl (C=O) groups excluding carboxylic acids is 1. The molecule has 0 radical (unpaired) electrons. The summed E-state index contributed by atoms with van der Waals surface area (Å²) < 4.78 is 0. The van der Waals surface area contributed by atoms with E-state index in [1.165, 1.54) is 37.5 Å². The highest BCUT2D eigenvalue weighted by Gasteiger charge is 2.31. The Balaban J connectivity index is 1.71. The summed E-state index contributed by atoms with van der Waals surface area (Å²) in [6.07, 6.45) is 5.68. The molecule has 0 aliphatic carbocycles. The molecule has 2 fully saturated rings. The molecule has 2 heterocycles. The Labute approximate surface area is 141 Å². The van der Waals surface area contributed by atoms with Crippen molar-refractivity contribution in [1.82, 2.24) is 9.80 Å². The number of piperidine rings is 1. The number of amides is 1. The minimum absolute atomic E-state index is 0.153. The summed E-state index contributed by atoms with van der Waals surface area (Å²) in [6, 6.07) is 4.01. The van der Waals surface area contributed by atoms with Crippen molar-refractivity contribution in [2.45, 2.75) is 38.1 Å². The number of phenols is 1. The summed E-state index contributed by atoms with van der Waals surface area (Å²) >= 11 is 0. The van der Waals surface area contributed by atoms with E-state index in [1.54, 1.807) is 0 Å². The lowest BCUT2D eigenvalue weighted by molar-refractivity contribution is -0.385. The molecular formula is C17H23N3O4. The van der Waals surface area contributed by atoms with Gasteiger partial charge in [0.05, 0.1) is 4.92 Å². The highest BCUT2D eigenvalue weighted by Crippen LogP contribution is 2.28. The zero-order valence-electron chi connectivity index (χ0n) is 13.7. The number of rotatable bonds is 4. The minimum Gasteiger partial charge on any atom is -0.502 e. The van der Waals surface area contributed by atoms with E-state index >= 15 is 0 Å². The molecule has 1 aromatic carbocycles. The van der Waals surface area contributed by atoms with Gasteiger partial charge in [0.25, 0.3) is 5.91 Å². The third kappa shape index (κ3) is 3.51. The Kier molecular flexibility index (Phi) is 4.99. The summed E-state index contributed by atoms with van der Waals surface area (Å²) in [5.41, 5.74) is -0.0681. The van der Waals surface area contributed by atoms with Crippen molar-refractivity contribution in [3.63, 3.8) is 0 Å². The molecule has 1 amide bonds. The fourth-order valence-electron chi connectivity index (χ4n) is 3.71. The van der Waals surface area contributed by atoms with E-state index in [4.69, 9.17) is 0 Å². The van der Waals surface area contributed by atoms with E-state index in [0.717, 1.165) is 32.5 Å². The molecule has 3 rings (SSSR count). The first kappa shape index (κ1) is 16.7. The Morgan fingerprint density at radius 2 is 1.96 bits per heavy atom. The van der Waals surface area contributed by atoms with E-state index in [9.17, 15) is 20.0 Å². The first-order valence-electron chi connectivity index (χ1n) is 8.57. The molecule has 24 heavy (non-hydrogen) atoms. The lowest BCUT2D eigenvalue weighted by atomic mass is 10.1. The number of benzene rings is 1. The molecular weight excluding hydrogens is 310 g/mol. The molecule has 130 valence electrons. The Morgan fingerprint density at radius 3 is 2.62 bits per heavy atom. The van der Waals surface area contributed by atoms with E-state index in [-0.39, 0.29) is 17.6 Å². The lowest BCUT2D eigenvalue weighted by Gasteiger charge is -2.33. The third-order valence-corrected chi connectivity index (χ3v) is 4.97. The summed E-state index contributed by atoms with van der Waals surface area (Å²) in [6.45, 7) is 3.79. The van der Waals surface area contributed by atoms with Crippen LogP contribution in [0.1, 0.15) is 42.5 Å². The predicted octanol–water partition coefficient (Wildman–Crippen LogP) is 2.39. The third-order valence-electron chi connectivity index (χ3n) is 4.97. The molecule has 0 saturated carbocycles. The van der Waals surface area contributed by atoms with Crippen LogP contribution in [0.5, 0.6) is 5.75 Å². The normalized spacial score (nSPS) is 21.8. The second-order valence-electron chi connectivity index (χ2n) is 6.62. The van der Waals surface area contributed by atoms with Crippen molar-refractivity contribution >= 4 is 11.6 Å². The minimum atomic E-state index is -0.654. The highest BCUT2D eigenvalue weighted by molar-refractivity contribution is 5.95. The second kappa shape index (κ2) is 7.17. The van der Waals surface area contributed by atoms with Gasteiger partial charge in [-0.05, 0) is 50.9 Å². The first-order chi connectivity index (χ1) is 11.6. The van der Waals surface area contributed by atoms with Crippen LogP contribution in [0.25, 0.3) is 0 Å². The molecule has 7 nitrogen and oxygen atoms in total. The molecule has 0 aromatic heterocycles. The lowest BCUT2D eigenvalue weighted by Crippen LogP contribution is -2.44. The molecule has 2 saturated heterocycles. The van der Waals surface area contributed by atoms with E-state index in [1.807, 2.05) is 4.90 Å². The van der Waals surface area contributed by atoms with Gasteiger partial charge < -0.3 is 14.9 Å². The number of nitro benzene ring substituents is 1. The molecule has 0 unspecified atom stereocenters. The van der Waals surface area contributed by atoms with Crippen molar-refractivity contribution in [1.29, 1.82) is 0 Å². The molecule has 1 atom stereocenters. The second-order valence-corrected chi connectivity index (χ2v) is 6.62. The molecule has 0 bridgehead atoms. The monoisotopic (exact) mass is 333 g/mol. The van der Waals surface area contributed by atoms with Crippen molar-refractivity contribution in [2.75, 3.05) is 26.2 Å². The highest BCUT2D eigenvalue weighted by atomic mass is 16.6. The Hall–Kier alpha value is -2.15. The van der Waals surface area contributed by atoms with Gasteiger partial charge in [0.15, 0.2) is 5.75 Å². The maximum atomic E-state index is 12.8. The number of aromatic hydroxyl groups is 1. The standard InChI is InChI=1S/C17H23N3O4/c21-16-11-13(6-7-15(16)20(23)24)17(22)19-10-4-5-14(19)12-18-8-2-1-3-9-18/h6-7,11,14,21H,1-5,8-10,12H2/t14-/m0/s1. The van der Waals surface area contributed by atoms with E-state index < -0.39 is 10.7 Å². The fourth-order valence-corrected chi connectivity index (χ4v) is 3.71. The average Bonchev–Trinajstić information content (AvgIpc) is 3.02. The van der Waals surface area contributed by atoms with E-state index in [0.29, 0.717) is 12.1 Å². The van der Waals surface area contributed by atoms with Gasteiger partial charge in [0.2, 0.25) is 0 Å². The van der Waals surface area contributed by atoms with Gasteiger partial charge >= 0.3 is 5.69 Å². The van der Waals surface area contributed by atoms with Crippen molar-refractivity contribution in [3.05, 3.63) is 33.9 Å². The maximum absolute atomic E-state index is 12.8.